The first kappa shape index (κ1) is 19.8. The average molecular weight is 412 g/mol. The molecule has 2 aromatic rings. The molecule has 3 heterocycles. The van der Waals surface area contributed by atoms with Gasteiger partial charge in [-0.25, -0.2) is 4.79 Å². The Balaban J connectivity index is 1.28. The van der Waals surface area contributed by atoms with Crippen molar-refractivity contribution in [2.45, 2.75) is 50.6 Å². The SMILES string of the molecule is CN1CCCC(N2CCN(C(=O)c3ccc4c(c3)[nH]c(=O)n4C3CCCC3)CC2)C1. The van der Waals surface area contributed by atoms with E-state index in [1.807, 2.05) is 27.7 Å². The fraction of sp³-hybridized carbons (Fsp3) is 0.652. The van der Waals surface area contributed by atoms with Crippen molar-refractivity contribution in [3.05, 3.63) is 34.2 Å². The zero-order chi connectivity index (χ0) is 20.7. The number of likely N-dealkylation sites (tertiary alicyclic amines) is 1. The summed E-state index contributed by atoms with van der Waals surface area (Å²) in [4.78, 5) is 35.6. The lowest BCUT2D eigenvalue weighted by molar-refractivity contribution is 0.0452. The number of nitrogens with one attached hydrogen (secondary N) is 1. The second-order valence-electron chi connectivity index (χ2n) is 9.36. The lowest BCUT2D eigenvalue weighted by Crippen LogP contribution is -2.55. The molecule has 3 fully saturated rings. The first-order chi connectivity index (χ1) is 14.6. The number of piperidine rings is 1. The molecular formula is C23H33N5O2. The van der Waals surface area contributed by atoms with Crippen LogP contribution < -0.4 is 5.69 Å². The van der Waals surface area contributed by atoms with Crippen LogP contribution in [-0.4, -0.2) is 82.5 Å². The van der Waals surface area contributed by atoms with E-state index >= 15 is 0 Å². The van der Waals surface area contributed by atoms with Gasteiger partial charge in [-0.05, 0) is 57.5 Å². The Kier molecular flexibility index (Phi) is 5.41. The van der Waals surface area contributed by atoms with Crippen molar-refractivity contribution < 1.29 is 4.79 Å². The van der Waals surface area contributed by atoms with Crippen molar-refractivity contribution in [2.75, 3.05) is 46.3 Å². The summed E-state index contributed by atoms with van der Waals surface area (Å²) in [5.74, 6) is 0.0757. The van der Waals surface area contributed by atoms with E-state index in [4.69, 9.17) is 0 Å². The maximum absolute atomic E-state index is 13.1. The monoisotopic (exact) mass is 411 g/mol. The molecule has 7 heteroatoms. The van der Waals surface area contributed by atoms with E-state index in [1.54, 1.807) is 0 Å². The van der Waals surface area contributed by atoms with Crippen molar-refractivity contribution >= 4 is 16.9 Å². The second kappa shape index (κ2) is 8.19. The van der Waals surface area contributed by atoms with Crippen LogP contribution in [0, 0.1) is 0 Å². The summed E-state index contributed by atoms with van der Waals surface area (Å²) in [7, 11) is 2.20. The van der Waals surface area contributed by atoms with Crippen LogP contribution in [-0.2, 0) is 0 Å². The van der Waals surface area contributed by atoms with Crippen LogP contribution in [0.1, 0.15) is 54.9 Å². The number of fused-ring (bicyclic) bond motifs is 1. The first-order valence-corrected chi connectivity index (χ1v) is 11.6. The lowest BCUT2D eigenvalue weighted by atomic mass is 10.0. The molecule has 1 saturated carbocycles. The topological polar surface area (TPSA) is 64.6 Å². The van der Waals surface area contributed by atoms with E-state index in [0.717, 1.165) is 56.6 Å². The third-order valence-corrected chi connectivity index (χ3v) is 7.37. The first-order valence-electron chi connectivity index (χ1n) is 11.6. The number of aromatic nitrogens is 2. The predicted molar refractivity (Wildman–Crippen MR) is 118 cm³/mol. The summed E-state index contributed by atoms with van der Waals surface area (Å²) in [6.07, 6.45) is 7.02. The van der Waals surface area contributed by atoms with E-state index in [0.29, 0.717) is 17.6 Å². The van der Waals surface area contributed by atoms with Gasteiger partial charge in [0.25, 0.3) is 5.91 Å². The molecular weight excluding hydrogens is 378 g/mol. The zero-order valence-corrected chi connectivity index (χ0v) is 18.0. The summed E-state index contributed by atoms with van der Waals surface area (Å²) in [6.45, 7) is 5.77. The molecule has 0 spiro atoms. The maximum Gasteiger partial charge on any atom is 0.326 e. The Morgan fingerprint density at radius 2 is 1.70 bits per heavy atom. The number of carbonyl (C=O) groups excluding carboxylic acids is 1. The minimum Gasteiger partial charge on any atom is -0.336 e. The van der Waals surface area contributed by atoms with Crippen molar-refractivity contribution in [1.82, 2.24) is 24.3 Å². The van der Waals surface area contributed by atoms with Crippen LogP contribution in [0.15, 0.2) is 23.0 Å². The Hall–Kier alpha value is -2.12. The molecule has 1 amide bonds. The van der Waals surface area contributed by atoms with E-state index in [9.17, 15) is 9.59 Å². The Morgan fingerprint density at radius 1 is 0.967 bits per heavy atom. The van der Waals surface area contributed by atoms with Crippen molar-refractivity contribution in [1.29, 1.82) is 0 Å². The van der Waals surface area contributed by atoms with E-state index in [1.165, 1.54) is 32.2 Å². The number of likely N-dealkylation sites (N-methyl/N-ethyl adjacent to an activating group) is 1. The Labute approximate surface area is 177 Å². The number of benzene rings is 1. The van der Waals surface area contributed by atoms with Gasteiger partial charge in [-0.1, -0.05) is 12.8 Å². The van der Waals surface area contributed by atoms with Crippen LogP contribution in [0.4, 0.5) is 0 Å². The van der Waals surface area contributed by atoms with Crippen LogP contribution in [0.25, 0.3) is 11.0 Å². The summed E-state index contributed by atoms with van der Waals surface area (Å²) < 4.78 is 1.90. The number of carbonyl (C=O) groups is 1. The van der Waals surface area contributed by atoms with E-state index in [-0.39, 0.29) is 11.6 Å². The largest absolute Gasteiger partial charge is 0.336 e. The number of aromatic amines is 1. The van der Waals surface area contributed by atoms with Gasteiger partial charge in [0, 0.05) is 50.4 Å². The maximum atomic E-state index is 13.1. The molecule has 3 aliphatic rings. The van der Waals surface area contributed by atoms with Crippen LogP contribution in [0.5, 0.6) is 0 Å². The van der Waals surface area contributed by atoms with Gasteiger partial charge in [0.1, 0.15) is 0 Å². The summed E-state index contributed by atoms with van der Waals surface area (Å²) >= 11 is 0. The minimum absolute atomic E-state index is 0.0486. The van der Waals surface area contributed by atoms with Gasteiger partial charge in [0.2, 0.25) is 0 Å². The summed E-state index contributed by atoms with van der Waals surface area (Å²) in [5.41, 5.74) is 2.33. The number of H-pyrrole nitrogens is 1. The molecule has 1 atom stereocenters. The van der Waals surface area contributed by atoms with E-state index in [2.05, 4.69) is 21.8 Å². The van der Waals surface area contributed by atoms with E-state index < -0.39 is 0 Å². The van der Waals surface area contributed by atoms with Crippen LogP contribution in [0.3, 0.4) is 0 Å². The highest BCUT2D eigenvalue weighted by atomic mass is 16.2. The standard InChI is InChI=1S/C23H33N5O2/c1-25-10-4-7-19(16-25)26-11-13-27(14-12-26)22(29)17-8-9-21-20(15-17)24-23(30)28(21)18-5-2-3-6-18/h8-9,15,18-19H,2-7,10-14,16H2,1H3,(H,24,30). The van der Waals surface area contributed by atoms with Crippen LogP contribution in [0.2, 0.25) is 0 Å². The fourth-order valence-corrected chi connectivity index (χ4v) is 5.70. The van der Waals surface area contributed by atoms with Crippen molar-refractivity contribution in [3.63, 3.8) is 0 Å². The van der Waals surface area contributed by atoms with Gasteiger partial charge < -0.3 is 14.8 Å². The highest BCUT2D eigenvalue weighted by Crippen LogP contribution is 2.31. The van der Waals surface area contributed by atoms with Gasteiger partial charge in [-0.15, -0.1) is 0 Å². The number of nitrogens with zero attached hydrogens (tertiary/aromatic N) is 4. The molecule has 2 aliphatic heterocycles. The number of hydrogen-bond acceptors (Lipinski definition) is 4. The number of hydrogen-bond donors (Lipinski definition) is 1. The zero-order valence-electron chi connectivity index (χ0n) is 18.0. The molecule has 1 aliphatic carbocycles. The third-order valence-electron chi connectivity index (χ3n) is 7.37. The molecule has 162 valence electrons. The van der Waals surface area contributed by atoms with Gasteiger partial charge >= 0.3 is 5.69 Å². The molecule has 7 nitrogen and oxygen atoms in total. The van der Waals surface area contributed by atoms with Crippen molar-refractivity contribution in [2.24, 2.45) is 0 Å². The van der Waals surface area contributed by atoms with Gasteiger partial charge in [-0.2, -0.15) is 0 Å². The minimum atomic E-state index is -0.0486. The molecule has 1 N–H and O–H groups in total. The third kappa shape index (κ3) is 3.69. The fourth-order valence-electron chi connectivity index (χ4n) is 5.70. The highest BCUT2D eigenvalue weighted by molar-refractivity contribution is 5.97. The molecule has 5 rings (SSSR count). The Bertz CT molecular complexity index is 966. The predicted octanol–water partition coefficient (Wildman–Crippen LogP) is 2.30. The smallest absolute Gasteiger partial charge is 0.326 e. The lowest BCUT2D eigenvalue weighted by Gasteiger charge is -2.42. The summed E-state index contributed by atoms with van der Waals surface area (Å²) in [5, 5.41) is 0. The molecule has 1 aromatic carbocycles. The number of amides is 1. The normalized spacial score (nSPS) is 24.7. The molecule has 30 heavy (non-hydrogen) atoms. The molecule has 2 saturated heterocycles. The molecule has 1 unspecified atom stereocenters. The number of imidazole rings is 1. The van der Waals surface area contributed by atoms with Crippen LogP contribution >= 0.6 is 0 Å². The second-order valence-corrected chi connectivity index (χ2v) is 9.36. The van der Waals surface area contributed by atoms with Crippen molar-refractivity contribution in [3.8, 4) is 0 Å². The molecule has 0 bridgehead atoms. The van der Waals surface area contributed by atoms with Gasteiger partial charge in [0.05, 0.1) is 11.0 Å². The Morgan fingerprint density at radius 3 is 2.43 bits per heavy atom. The summed E-state index contributed by atoms with van der Waals surface area (Å²) in [6, 6.07) is 6.63. The molecule has 1 aromatic heterocycles. The molecule has 0 radical (unpaired) electrons. The average Bonchev–Trinajstić information content (AvgIpc) is 3.39. The number of rotatable bonds is 3. The highest BCUT2D eigenvalue weighted by Gasteiger charge is 2.29. The van der Waals surface area contributed by atoms with Gasteiger partial charge in [0.15, 0.2) is 0 Å². The quantitative estimate of drug-likeness (QED) is 0.842. The number of piperazine rings is 1. The van der Waals surface area contributed by atoms with Gasteiger partial charge in [-0.3, -0.25) is 14.3 Å².